The Morgan fingerprint density at radius 3 is 2.79 bits per heavy atom. The molecular formula is C13H13ClN2O3. The highest BCUT2D eigenvalue weighted by molar-refractivity contribution is 6.34. The van der Waals surface area contributed by atoms with Crippen LogP contribution in [0, 0.1) is 10.1 Å². The van der Waals surface area contributed by atoms with Crippen molar-refractivity contribution in [2.45, 2.75) is 13.3 Å². The van der Waals surface area contributed by atoms with Crippen LogP contribution in [0.3, 0.4) is 0 Å². The Kier molecular flexibility index (Phi) is 3.85. The number of hydrogen-bond acceptors (Lipinski definition) is 3. The molecule has 0 unspecified atom stereocenters. The summed E-state index contributed by atoms with van der Waals surface area (Å²) in [5.74, 6) is -0.188. The van der Waals surface area contributed by atoms with Crippen molar-refractivity contribution in [2.75, 3.05) is 13.1 Å². The van der Waals surface area contributed by atoms with Crippen LogP contribution in [0.5, 0.6) is 0 Å². The molecule has 1 aliphatic heterocycles. The fourth-order valence-electron chi connectivity index (χ4n) is 2.05. The number of nitro benzene ring substituents is 1. The van der Waals surface area contributed by atoms with Gasteiger partial charge < -0.3 is 4.90 Å². The van der Waals surface area contributed by atoms with E-state index in [1.165, 1.54) is 18.2 Å². The molecule has 1 aromatic rings. The molecule has 0 fully saturated rings. The van der Waals surface area contributed by atoms with Gasteiger partial charge in [0.25, 0.3) is 11.6 Å². The molecule has 100 valence electrons. The minimum absolute atomic E-state index is 0.115. The molecule has 0 saturated carbocycles. The van der Waals surface area contributed by atoms with E-state index in [1.54, 1.807) is 4.90 Å². The molecule has 0 saturated heterocycles. The number of nitrogens with zero attached hydrogens (tertiary/aromatic N) is 2. The van der Waals surface area contributed by atoms with Crippen LogP contribution in [0.15, 0.2) is 29.8 Å². The summed E-state index contributed by atoms with van der Waals surface area (Å²) in [5, 5.41) is 10.7. The van der Waals surface area contributed by atoms with Gasteiger partial charge in [-0.1, -0.05) is 23.3 Å². The van der Waals surface area contributed by atoms with Gasteiger partial charge in [-0.05, 0) is 19.4 Å². The van der Waals surface area contributed by atoms with Crippen molar-refractivity contribution in [2.24, 2.45) is 0 Å². The van der Waals surface area contributed by atoms with Crippen LogP contribution < -0.4 is 0 Å². The lowest BCUT2D eigenvalue weighted by atomic mass is 10.1. The summed E-state index contributed by atoms with van der Waals surface area (Å²) in [4.78, 5) is 24.1. The van der Waals surface area contributed by atoms with Crippen molar-refractivity contribution in [3.8, 4) is 0 Å². The van der Waals surface area contributed by atoms with Crippen LogP contribution in [0.4, 0.5) is 5.69 Å². The summed E-state index contributed by atoms with van der Waals surface area (Å²) in [5.41, 5.74) is 1.33. The summed E-state index contributed by atoms with van der Waals surface area (Å²) in [6.07, 6.45) is 2.92. The lowest BCUT2D eigenvalue weighted by molar-refractivity contribution is -0.384. The zero-order valence-corrected chi connectivity index (χ0v) is 11.2. The third kappa shape index (κ3) is 2.93. The molecule has 1 aromatic carbocycles. The molecule has 0 N–H and O–H groups in total. The molecule has 0 radical (unpaired) electrons. The molecular weight excluding hydrogens is 268 g/mol. The highest BCUT2D eigenvalue weighted by Gasteiger charge is 2.21. The van der Waals surface area contributed by atoms with E-state index in [-0.39, 0.29) is 16.6 Å². The third-order valence-electron chi connectivity index (χ3n) is 3.01. The Morgan fingerprint density at radius 1 is 1.47 bits per heavy atom. The first kappa shape index (κ1) is 13.5. The van der Waals surface area contributed by atoms with Crippen LogP contribution in [0.1, 0.15) is 23.7 Å². The fourth-order valence-corrected chi connectivity index (χ4v) is 2.30. The first-order valence-electron chi connectivity index (χ1n) is 5.88. The van der Waals surface area contributed by atoms with Gasteiger partial charge in [-0.25, -0.2) is 0 Å². The quantitative estimate of drug-likeness (QED) is 0.475. The van der Waals surface area contributed by atoms with Gasteiger partial charge in [0.2, 0.25) is 0 Å². The summed E-state index contributed by atoms with van der Waals surface area (Å²) in [6, 6.07) is 3.92. The highest BCUT2D eigenvalue weighted by Crippen LogP contribution is 2.24. The maximum Gasteiger partial charge on any atom is 0.270 e. The average molecular weight is 281 g/mol. The molecule has 1 aliphatic rings. The second-order valence-electron chi connectivity index (χ2n) is 4.49. The SMILES string of the molecule is CC1=CCCN(C(=O)c2ccc([N+](=O)[O-])cc2Cl)C1. The number of carbonyl (C=O) groups excluding carboxylic acids is 1. The predicted molar refractivity (Wildman–Crippen MR) is 72.4 cm³/mol. The van der Waals surface area contributed by atoms with Gasteiger partial charge in [-0.3, -0.25) is 14.9 Å². The lowest BCUT2D eigenvalue weighted by Crippen LogP contribution is -2.35. The van der Waals surface area contributed by atoms with Gasteiger partial charge in [0.15, 0.2) is 0 Å². The molecule has 1 heterocycles. The zero-order valence-electron chi connectivity index (χ0n) is 10.4. The number of carbonyl (C=O) groups is 1. The molecule has 2 rings (SSSR count). The number of hydrogen-bond donors (Lipinski definition) is 0. The van der Waals surface area contributed by atoms with Gasteiger partial charge >= 0.3 is 0 Å². The topological polar surface area (TPSA) is 63.5 Å². The van der Waals surface area contributed by atoms with Crippen molar-refractivity contribution >= 4 is 23.2 Å². The van der Waals surface area contributed by atoms with Crippen molar-refractivity contribution in [3.63, 3.8) is 0 Å². The second kappa shape index (κ2) is 5.40. The van der Waals surface area contributed by atoms with Crippen molar-refractivity contribution in [1.29, 1.82) is 0 Å². The lowest BCUT2D eigenvalue weighted by Gasteiger charge is -2.26. The third-order valence-corrected chi connectivity index (χ3v) is 3.33. The van der Waals surface area contributed by atoms with Crippen LogP contribution in [0.25, 0.3) is 0 Å². The summed E-state index contributed by atoms with van der Waals surface area (Å²) < 4.78 is 0. The minimum Gasteiger partial charge on any atom is -0.334 e. The normalized spacial score (nSPS) is 15.1. The maximum absolute atomic E-state index is 12.3. The maximum atomic E-state index is 12.3. The standard InChI is InChI=1S/C13H13ClN2O3/c1-9-3-2-6-15(8-9)13(17)11-5-4-10(16(18)19)7-12(11)14/h3-5,7H,2,6,8H2,1H3. The van der Waals surface area contributed by atoms with Gasteiger partial charge in [0, 0.05) is 25.2 Å². The van der Waals surface area contributed by atoms with E-state index >= 15 is 0 Å². The summed E-state index contributed by atoms with van der Waals surface area (Å²) in [7, 11) is 0. The smallest absolute Gasteiger partial charge is 0.270 e. The molecule has 0 aliphatic carbocycles. The first-order valence-corrected chi connectivity index (χ1v) is 6.25. The molecule has 6 heteroatoms. The number of non-ortho nitro benzene ring substituents is 1. The van der Waals surface area contributed by atoms with E-state index in [9.17, 15) is 14.9 Å². The van der Waals surface area contributed by atoms with Crippen LogP contribution in [-0.4, -0.2) is 28.8 Å². The van der Waals surface area contributed by atoms with Crippen LogP contribution >= 0.6 is 11.6 Å². The number of benzene rings is 1. The van der Waals surface area contributed by atoms with Gasteiger partial charge in [-0.15, -0.1) is 0 Å². The number of rotatable bonds is 2. The Hall–Kier alpha value is -1.88. The summed E-state index contributed by atoms with van der Waals surface area (Å²) >= 11 is 5.96. The summed E-state index contributed by atoms with van der Waals surface area (Å²) in [6.45, 7) is 3.19. The van der Waals surface area contributed by atoms with Crippen molar-refractivity contribution in [3.05, 3.63) is 50.5 Å². The predicted octanol–water partition coefficient (Wildman–Crippen LogP) is 3.04. The van der Waals surface area contributed by atoms with E-state index in [4.69, 9.17) is 11.6 Å². The van der Waals surface area contributed by atoms with E-state index in [1.807, 2.05) is 6.92 Å². The molecule has 0 spiro atoms. The molecule has 5 nitrogen and oxygen atoms in total. The highest BCUT2D eigenvalue weighted by atomic mass is 35.5. The average Bonchev–Trinajstić information content (AvgIpc) is 2.37. The largest absolute Gasteiger partial charge is 0.334 e. The number of halogens is 1. The number of amides is 1. The van der Waals surface area contributed by atoms with Crippen LogP contribution in [-0.2, 0) is 0 Å². The Labute approximate surface area is 115 Å². The molecule has 0 atom stereocenters. The molecule has 0 aromatic heterocycles. The first-order chi connectivity index (χ1) is 8.99. The van der Waals surface area contributed by atoms with Crippen molar-refractivity contribution in [1.82, 2.24) is 4.90 Å². The minimum atomic E-state index is -0.534. The Balaban J connectivity index is 2.24. The molecule has 19 heavy (non-hydrogen) atoms. The van der Waals surface area contributed by atoms with Gasteiger partial charge in [0.1, 0.15) is 0 Å². The monoisotopic (exact) mass is 280 g/mol. The van der Waals surface area contributed by atoms with Crippen LogP contribution in [0.2, 0.25) is 5.02 Å². The van der Waals surface area contributed by atoms with Crippen molar-refractivity contribution < 1.29 is 9.72 Å². The van der Waals surface area contributed by atoms with E-state index in [2.05, 4.69) is 6.08 Å². The van der Waals surface area contributed by atoms with E-state index < -0.39 is 4.92 Å². The van der Waals surface area contributed by atoms with Gasteiger partial charge in [0.05, 0.1) is 15.5 Å². The second-order valence-corrected chi connectivity index (χ2v) is 4.89. The van der Waals surface area contributed by atoms with Gasteiger partial charge in [-0.2, -0.15) is 0 Å². The zero-order chi connectivity index (χ0) is 14.0. The Bertz CT molecular complexity index is 569. The fraction of sp³-hybridized carbons (Fsp3) is 0.308. The molecule has 0 bridgehead atoms. The number of nitro groups is 1. The van der Waals surface area contributed by atoms with E-state index in [0.717, 1.165) is 12.0 Å². The Morgan fingerprint density at radius 2 is 2.21 bits per heavy atom. The van der Waals surface area contributed by atoms with E-state index in [0.29, 0.717) is 18.7 Å². The molecule has 1 amide bonds.